The highest BCUT2D eigenvalue weighted by Crippen LogP contribution is 2.17. The Kier molecular flexibility index (Phi) is 2.52. The Hall–Kier alpha value is -2.04. The van der Waals surface area contributed by atoms with Gasteiger partial charge in [-0.2, -0.15) is 0 Å². The number of nitrogen functional groups attached to an aromatic ring is 1. The lowest BCUT2D eigenvalue weighted by molar-refractivity contribution is 0.0693. The predicted octanol–water partition coefficient (Wildman–Crippen LogP) is 1.57. The molecule has 0 aromatic carbocycles. The smallest absolute Gasteiger partial charge is 0.356 e. The fourth-order valence-electron chi connectivity index (χ4n) is 1.72. The maximum Gasteiger partial charge on any atom is 0.356 e. The third-order valence-electron chi connectivity index (χ3n) is 2.42. The molecule has 0 unspecified atom stereocenters. The van der Waals surface area contributed by atoms with Crippen LogP contribution in [0.1, 0.15) is 29.7 Å². The van der Waals surface area contributed by atoms with Crippen molar-refractivity contribution in [2.75, 3.05) is 5.73 Å². The zero-order valence-corrected chi connectivity index (χ0v) is 8.97. The van der Waals surface area contributed by atoms with Crippen LogP contribution in [-0.4, -0.2) is 20.5 Å². The van der Waals surface area contributed by atoms with E-state index in [1.54, 1.807) is 22.7 Å². The van der Waals surface area contributed by atoms with E-state index in [-0.39, 0.29) is 5.69 Å². The van der Waals surface area contributed by atoms with E-state index in [1.807, 2.05) is 6.92 Å². The topological polar surface area (TPSA) is 80.6 Å². The summed E-state index contributed by atoms with van der Waals surface area (Å²) < 4.78 is 1.78. The molecule has 3 N–H and O–H groups in total. The van der Waals surface area contributed by atoms with Crippen molar-refractivity contribution < 1.29 is 9.90 Å². The molecule has 0 fully saturated rings. The maximum atomic E-state index is 11.0. The van der Waals surface area contributed by atoms with Gasteiger partial charge in [-0.15, -0.1) is 0 Å². The number of hydrogen-bond acceptors (Lipinski definition) is 3. The number of anilines is 1. The van der Waals surface area contributed by atoms with E-state index in [2.05, 4.69) is 4.98 Å². The molecular formula is C11H13N3O2. The molecule has 2 aromatic rings. The first-order valence-electron chi connectivity index (χ1n) is 5.13. The number of hydrogen-bond donors (Lipinski definition) is 2. The van der Waals surface area contributed by atoms with E-state index in [4.69, 9.17) is 10.8 Å². The van der Waals surface area contributed by atoms with Gasteiger partial charge in [0.2, 0.25) is 0 Å². The molecule has 2 heterocycles. The van der Waals surface area contributed by atoms with Crippen LogP contribution in [-0.2, 0) is 6.42 Å². The number of aromatic carboxylic acids is 1. The first kappa shape index (κ1) is 10.5. The van der Waals surface area contributed by atoms with E-state index < -0.39 is 5.97 Å². The molecule has 0 atom stereocenters. The Labute approximate surface area is 92.5 Å². The van der Waals surface area contributed by atoms with E-state index in [0.717, 1.165) is 18.7 Å². The first-order chi connectivity index (χ1) is 7.63. The molecule has 0 radical (unpaired) electrons. The summed E-state index contributed by atoms with van der Waals surface area (Å²) in [6.07, 6.45) is 3.43. The molecule has 84 valence electrons. The highest BCUT2D eigenvalue weighted by Gasteiger charge is 2.15. The molecule has 0 bridgehead atoms. The minimum atomic E-state index is -1.02. The number of rotatable bonds is 3. The van der Waals surface area contributed by atoms with Crippen molar-refractivity contribution in [1.29, 1.82) is 0 Å². The number of imidazole rings is 1. The van der Waals surface area contributed by atoms with Crippen molar-refractivity contribution in [1.82, 2.24) is 9.38 Å². The van der Waals surface area contributed by atoms with Crippen LogP contribution >= 0.6 is 0 Å². The molecule has 0 aliphatic carbocycles. The van der Waals surface area contributed by atoms with Gasteiger partial charge in [-0.1, -0.05) is 6.92 Å². The summed E-state index contributed by atoms with van der Waals surface area (Å²) in [6, 6.07) is 3.37. The number of nitrogens with two attached hydrogens (primary N) is 1. The quantitative estimate of drug-likeness (QED) is 0.821. The average Bonchev–Trinajstić information content (AvgIpc) is 2.57. The van der Waals surface area contributed by atoms with Gasteiger partial charge >= 0.3 is 5.97 Å². The van der Waals surface area contributed by atoms with Gasteiger partial charge in [-0.05, 0) is 18.6 Å². The Morgan fingerprint density at radius 2 is 2.38 bits per heavy atom. The minimum absolute atomic E-state index is 0.0655. The van der Waals surface area contributed by atoms with Crippen LogP contribution in [0.4, 0.5) is 5.69 Å². The molecule has 0 aliphatic heterocycles. The third kappa shape index (κ3) is 1.60. The molecular weight excluding hydrogens is 206 g/mol. The van der Waals surface area contributed by atoms with E-state index in [9.17, 15) is 4.79 Å². The summed E-state index contributed by atoms with van der Waals surface area (Å²) in [6.45, 7) is 2.03. The molecule has 5 heteroatoms. The largest absolute Gasteiger partial charge is 0.476 e. The summed E-state index contributed by atoms with van der Waals surface area (Å²) in [5.74, 6) is -0.264. The highest BCUT2D eigenvalue weighted by atomic mass is 16.4. The fourth-order valence-corrected chi connectivity index (χ4v) is 1.72. The van der Waals surface area contributed by atoms with Crippen LogP contribution in [0.3, 0.4) is 0 Å². The molecule has 2 aromatic heterocycles. The second kappa shape index (κ2) is 3.84. The molecule has 0 saturated heterocycles. The second-order valence-electron chi connectivity index (χ2n) is 3.65. The number of carboxylic acid groups (broad SMARTS) is 1. The van der Waals surface area contributed by atoms with E-state index in [0.29, 0.717) is 11.2 Å². The molecule has 0 spiro atoms. The van der Waals surface area contributed by atoms with Crippen molar-refractivity contribution in [2.24, 2.45) is 0 Å². The van der Waals surface area contributed by atoms with Crippen molar-refractivity contribution in [3.05, 3.63) is 29.8 Å². The van der Waals surface area contributed by atoms with Crippen molar-refractivity contribution in [3.8, 4) is 0 Å². The van der Waals surface area contributed by atoms with Crippen LogP contribution < -0.4 is 5.73 Å². The van der Waals surface area contributed by atoms with Gasteiger partial charge in [0.1, 0.15) is 5.82 Å². The van der Waals surface area contributed by atoms with Crippen LogP contribution in [0.25, 0.3) is 5.52 Å². The highest BCUT2D eigenvalue weighted by molar-refractivity contribution is 5.94. The fraction of sp³-hybridized carbons (Fsp3) is 0.273. The molecule has 0 aliphatic rings. The molecule has 0 saturated carbocycles. The van der Waals surface area contributed by atoms with Gasteiger partial charge in [0.05, 0.1) is 5.52 Å². The molecule has 16 heavy (non-hydrogen) atoms. The van der Waals surface area contributed by atoms with Gasteiger partial charge < -0.3 is 15.2 Å². The molecule has 0 amide bonds. The zero-order valence-electron chi connectivity index (χ0n) is 8.97. The number of pyridine rings is 1. The lowest BCUT2D eigenvalue weighted by atomic mass is 10.3. The van der Waals surface area contributed by atoms with Crippen LogP contribution in [0.5, 0.6) is 0 Å². The van der Waals surface area contributed by atoms with Gasteiger partial charge in [0.15, 0.2) is 5.69 Å². The van der Waals surface area contributed by atoms with Crippen molar-refractivity contribution >= 4 is 17.2 Å². The standard InChI is InChI=1S/C11H13N3O2/c1-2-3-9-13-10(11(15)16)8-6-7(12)4-5-14(8)9/h4-6H,2-3,12H2,1H3,(H,15,16). The summed E-state index contributed by atoms with van der Waals surface area (Å²) in [5, 5.41) is 9.04. The number of fused-ring (bicyclic) bond motifs is 1. The van der Waals surface area contributed by atoms with E-state index >= 15 is 0 Å². The SMILES string of the molecule is CCCc1nc(C(=O)O)c2cc(N)ccn12. The summed E-state index contributed by atoms with van der Waals surface area (Å²) in [4.78, 5) is 15.2. The maximum absolute atomic E-state index is 11.0. The number of nitrogens with zero attached hydrogens (tertiary/aromatic N) is 2. The Morgan fingerprint density at radius 3 is 3.00 bits per heavy atom. The number of carbonyl (C=O) groups is 1. The summed E-state index contributed by atoms with van der Waals surface area (Å²) in [5.41, 5.74) is 6.80. The normalized spacial score (nSPS) is 10.8. The Bertz CT molecular complexity index is 545. The van der Waals surface area contributed by atoms with Gasteiger partial charge in [-0.3, -0.25) is 0 Å². The van der Waals surface area contributed by atoms with Crippen molar-refractivity contribution in [3.63, 3.8) is 0 Å². The minimum Gasteiger partial charge on any atom is -0.476 e. The van der Waals surface area contributed by atoms with Crippen LogP contribution in [0.15, 0.2) is 18.3 Å². The first-order valence-corrected chi connectivity index (χ1v) is 5.13. The molecule has 5 nitrogen and oxygen atoms in total. The summed E-state index contributed by atoms with van der Waals surface area (Å²) >= 11 is 0. The number of carboxylic acids is 1. The average molecular weight is 219 g/mol. The van der Waals surface area contributed by atoms with E-state index in [1.165, 1.54) is 0 Å². The third-order valence-corrected chi connectivity index (χ3v) is 2.42. The molecule has 2 rings (SSSR count). The predicted molar refractivity (Wildman–Crippen MR) is 60.6 cm³/mol. The zero-order chi connectivity index (χ0) is 11.7. The number of aryl methyl sites for hydroxylation is 1. The van der Waals surface area contributed by atoms with Gasteiger partial charge in [0, 0.05) is 18.3 Å². The lowest BCUT2D eigenvalue weighted by Crippen LogP contribution is -1.98. The van der Waals surface area contributed by atoms with Crippen LogP contribution in [0.2, 0.25) is 0 Å². The number of aromatic nitrogens is 2. The Morgan fingerprint density at radius 1 is 1.62 bits per heavy atom. The monoisotopic (exact) mass is 219 g/mol. The Balaban J connectivity index is 2.71. The summed E-state index contributed by atoms with van der Waals surface area (Å²) in [7, 11) is 0. The second-order valence-corrected chi connectivity index (χ2v) is 3.65. The van der Waals surface area contributed by atoms with Gasteiger partial charge in [0.25, 0.3) is 0 Å². The van der Waals surface area contributed by atoms with Crippen molar-refractivity contribution in [2.45, 2.75) is 19.8 Å². The lowest BCUT2D eigenvalue weighted by Gasteiger charge is -1.99. The van der Waals surface area contributed by atoms with Crippen LogP contribution in [0, 0.1) is 0 Å². The van der Waals surface area contributed by atoms with Gasteiger partial charge in [-0.25, -0.2) is 9.78 Å².